The van der Waals surface area contributed by atoms with Crippen LogP contribution in [0.25, 0.3) is 0 Å². The SMILES string of the molecule is CC(C)OCCCNC(=O)N1CCN(c2ccc(Br)cn2)CC1. The number of pyridine rings is 1. The highest BCUT2D eigenvalue weighted by Crippen LogP contribution is 2.16. The Labute approximate surface area is 146 Å². The van der Waals surface area contributed by atoms with Gasteiger partial charge >= 0.3 is 6.03 Å². The van der Waals surface area contributed by atoms with Crippen LogP contribution in [0.1, 0.15) is 20.3 Å². The number of aromatic nitrogens is 1. The van der Waals surface area contributed by atoms with E-state index >= 15 is 0 Å². The first-order chi connectivity index (χ1) is 11.1. The van der Waals surface area contributed by atoms with Gasteiger partial charge in [-0.15, -0.1) is 0 Å². The number of halogens is 1. The minimum Gasteiger partial charge on any atom is -0.379 e. The van der Waals surface area contributed by atoms with E-state index in [1.165, 1.54) is 0 Å². The second kappa shape index (κ2) is 9.08. The summed E-state index contributed by atoms with van der Waals surface area (Å²) in [6, 6.07) is 3.99. The third kappa shape index (κ3) is 5.99. The standard InChI is InChI=1S/C16H25BrN4O2/c1-13(2)23-11-3-6-18-16(22)21-9-7-20(8-10-21)15-5-4-14(17)12-19-15/h4-5,12-13H,3,6-11H2,1-2H3,(H,18,22). The normalized spacial score (nSPS) is 15.1. The van der Waals surface area contributed by atoms with Crippen LogP contribution in [0, 0.1) is 0 Å². The Morgan fingerprint density at radius 3 is 2.70 bits per heavy atom. The van der Waals surface area contributed by atoms with Crippen molar-refractivity contribution < 1.29 is 9.53 Å². The third-order valence-electron chi connectivity index (χ3n) is 3.65. The summed E-state index contributed by atoms with van der Waals surface area (Å²) in [4.78, 5) is 20.6. The number of carbonyl (C=O) groups excluding carboxylic acids is 1. The molecule has 0 unspecified atom stereocenters. The first-order valence-corrected chi connectivity index (χ1v) is 8.86. The van der Waals surface area contributed by atoms with Crippen LogP contribution in [0.15, 0.2) is 22.8 Å². The first kappa shape index (κ1) is 18.0. The molecule has 1 aliphatic heterocycles. The van der Waals surface area contributed by atoms with Crippen LogP contribution in [0.5, 0.6) is 0 Å². The monoisotopic (exact) mass is 384 g/mol. The maximum absolute atomic E-state index is 12.1. The number of nitrogens with one attached hydrogen (secondary N) is 1. The van der Waals surface area contributed by atoms with Gasteiger partial charge in [-0.1, -0.05) is 0 Å². The van der Waals surface area contributed by atoms with Gasteiger partial charge in [0.15, 0.2) is 0 Å². The second-order valence-electron chi connectivity index (χ2n) is 5.81. The van der Waals surface area contributed by atoms with Gasteiger partial charge in [-0.25, -0.2) is 9.78 Å². The highest BCUT2D eigenvalue weighted by Gasteiger charge is 2.21. The summed E-state index contributed by atoms with van der Waals surface area (Å²) in [5, 5.41) is 2.95. The molecule has 0 spiro atoms. The molecule has 0 aliphatic carbocycles. The smallest absolute Gasteiger partial charge is 0.317 e. The maximum atomic E-state index is 12.1. The van der Waals surface area contributed by atoms with Crippen molar-refractivity contribution in [1.82, 2.24) is 15.2 Å². The van der Waals surface area contributed by atoms with Crippen LogP contribution >= 0.6 is 15.9 Å². The van der Waals surface area contributed by atoms with Crippen molar-refractivity contribution in [1.29, 1.82) is 0 Å². The van der Waals surface area contributed by atoms with Crippen LogP contribution in [0.4, 0.5) is 10.6 Å². The molecule has 2 amide bonds. The predicted octanol–water partition coefficient (Wildman–Crippen LogP) is 2.49. The summed E-state index contributed by atoms with van der Waals surface area (Å²) in [7, 11) is 0. The highest BCUT2D eigenvalue weighted by molar-refractivity contribution is 9.10. The fraction of sp³-hybridized carbons (Fsp3) is 0.625. The van der Waals surface area contributed by atoms with E-state index in [4.69, 9.17) is 4.74 Å². The molecule has 6 nitrogen and oxygen atoms in total. The Bertz CT molecular complexity index is 487. The molecule has 0 aromatic carbocycles. The number of carbonyl (C=O) groups is 1. The average molecular weight is 385 g/mol. The van der Waals surface area contributed by atoms with Crippen LogP contribution in [-0.2, 0) is 4.74 Å². The molecule has 1 aromatic heterocycles. The molecule has 1 N–H and O–H groups in total. The number of hydrogen-bond acceptors (Lipinski definition) is 4. The lowest BCUT2D eigenvalue weighted by atomic mass is 10.3. The second-order valence-corrected chi connectivity index (χ2v) is 6.73. The van der Waals surface area contributed by atoms with Crippen molar-refractivity contribution in [3.05, 3.63) is 22.8 Å². The van der Waals surface area contributed by atoms with Crippen molar-refractivity contribution in [2.24, 2.45) is 0 Å². The molecule has 2 rings (SSSR count). The lowest BCUT2D eigenvalue weighted by Gasteiger charge is -2.35. The van der Waals surface area contributed by atoms with Crippen molar-refractivity contribution in [2.45, 2.75) is 26.4 Å². The van der Waals surface area contributed by atoms with Gasteiger partial charge in [-0.05, 0) is 48.3 Å². The zero-order valence-corrected chi connectivity index (χ0v) is 15.4. The highest BCUT2D eigenvalue weighted by atomic mass is 79.9. The van der Waals surface area contributed by atoms with E-state index in [0.29, 0.717) is 26.2 Å². The Morgan fingerprint density at radius 1 is 1.35 bits per heavy atom. The van der Waals surface area contributed by atoms with Crippen LogP contribution in [-0.4, -0.2) is 61.3 Å². The quantitative estimate of drug-likeness (QED) is 0.765. The summed E-state index contributed by atoms with van der Waals surface area (Å²) in [6.45, 7) is 8.40. The molecule has 23 heavy (non-hydrogen) atoms. The van der Waals surface area contributed by atoms with E-state index < -0.39 is 0 Å². The Morgan fingerprint density at radius 2 is 2.09 bits per heavy atom. The van der Waals surface area contributed by atoms with Gasteiger partial charge in [0.2, 0.25) is 0 Å². The predicted molar refractivity (Wildman–Crippen MR) is 94.8 cm³/mol. The van der Waals surface area contributed by atoms with Gasteiger partial charge in [0, 0.05) is 50.0 Å². The number of urea groups is 1. The molecule has 1 fully saturated rings. The number of hydrogen-bond donors (Lipinski definition) is 1. The summed E-state index contributed by atoms with van der Waals surface area (Å²) < 4.78 is 6.43. The Hall–Kier alpha value is -1.34. The summed E-state index contributed by atoms with van der Waals surface area (Å²) in [5.74, 6) is 0.957. The molecule has 1 saturated heterocycles. The maximum Gasteiger partial charge on any atom is 0.317 e. The van der Waals surface area contributed by atoms with Crippen molar-refractivity contribution in [2.75, 3.05) is 44.2 Å². The molecule has 0 saturated carbocycles. The minimum atomic E-state index is 0.0120. The van der Waals surface area contributed by atoms with Gasteiger partial charge in [0.25, 0.3) is 0 Å². The van der Waals surface area contributed by atoms with Crippen LogP contribution in [0.2, 0.25) is 0 Å². The molecule has 128 valence electrons. The van der Waals surface area contributed by atoms with E-state index in [-0.39, 0.29) is 12.1 Å². The van der Waals surface area contributed by atoms with Gasteiger partial charge in [-0.2, -0.15) is 0 Å². The van der Waals surface area contributed by atoms with E-state index in [9.17, 15) is 4.79 Å². The van der Waals surface area contributed by atoms with E-state index in [1.807, 2.05) is 30.9 Å². The minimum absolute atomic E-state index is 0.0120. The van der Waals surface area contributed by atoms with E-state index in [1.54, 1.807) is 6.20 Å². The van der Waals surface area contributed by atoms with Gasteiger partial charge in [0.05, 0.1) is 6.10 Å². The molecule has 0 atom stereocenters. The van der Waals surface area contributed by atoms with Crippen LogP contribution < -0.4 is 10.2 Å². The fourth-order valence-electron chi connectivity index (χ4n) is 2.39. The lowest BCUT2D eigenvalue weighted by Crippen LogP contribution is -2.52. The number of ether oxygens (including phenoxy) is 1. The summed E-state index contributed by atoms with van der Waals surface area (Å²) in [6.07, 6.45) is 2.88. The van der Waals surface area contributed by atoms with Crippen molar-refractivity contribution in [3.63, 3.8) is 0 Å². The molecule has 0 radical (unpaired) electrons. The summed E-state index contributed by atoms with van der Waals surface area (Å²) >= 11 is 3.39. The van der Waals surface area contributed by atoms with Crippen molar-refractivity contribution in [3.8, 4) is 0 Å². The molecule has 7 heteroatoms. The third-order valence-corrected chi connectivity index (χ3v) is 4.12. The number of piperazine rings is 1. The topological polar surface area (TPSA) is 57.7 Å². The molecular weight excluding hydrogens is 360 g/mol. The Balaban J connectivity index is 1.67. The van der Waals surface area contributed by atoms with Gasteiger partial charge < -0.3 is 19.9 Å². The number of amides is 2. The fourth-order valence-corrected chi connectivity index (χ4v) is 2.63. The first-order valence-electron chi connectivity index (χ1n) is 8.07. The average Bonchev–Trinajstić information content (AvgIpc) is 2.55. The number of nitrogens with zero attached hydrogens (tertiary/aromatic N) is 3. The zero-order chi connectivity index (χ0) is 16.7. The lowest BCUT2D eigenvalue weighted by molar-refractivity contribution is 0.0771. The van der Waals surface area contributed by atoms with Gasteiger partial charge in [0.1, 0.15) is 5.82 Å². The largest absolute Gasteiger partial charge is 0.379 e. The molecule has 0 bridgehead atoms. The van der Waals surface area contributed by atoms with E-state index in [0.717, 1.165) is 29.8 Å². The van der Waals surface area contributed by atoms with E-state index in [2.05, 4.69) is 31.1 Å². The molecule has 2 heterocycles. The van der Waals surface area contributed by atoms with Gasteiger partial charge in [-0.3, -0.25) is 0 Å². The molecular formula is C16H25BrN4O2. The number of rotatable bonds is 6. The summed E-state index contributed by atoms with van der Waals surface area (Å²) in [5.41, 5.74) is 0. The molecule has 1 aromatic rings. The number of anilines is 1. The zero-order valence-electron chi connectivity index (χ0n) is 13.8. The van der Waals surface area contributed by atoms with Crippen molar-refractivity contribution >= 4 is 27.8 Å². The van der Waals surface area contributed by atoms with Crippen LogP contribution in [0.3, 0.4) is 0 Å². The Kier molecular flexibility index (Phi) is 7.11. The molecule has 1 aliphatic rings.